The molecule has 1 rings (SSSR count). The predicted octanol–water partition coefficient (Wildman–Crippen LogP) is 4.90. The Morgan fingerprint density at radius 1 is 0.960 bits per heavy atom. The zero-order chi connectivity index (χ0) is 19.1. The lowest BCUT2D eigenvalue weighted by Crippen LogP contribution is -2.39. The van der Waals surface area contributed by atoms with Crippen molar-refractivity contribution in [3.8, 4) is 0 Å². The van der Waals surface area contributed by atoms with Crippen molar-refractivity contribution in [2.75, 3.05) is 13.2 Å². The molecule has 25 heavy (non-hydrogen) atoms. The van der Waals surface area contributed by atoms with Crippen LogP contribution in [0.2, 0.25) is 0 Å². The highest BCUT2D eigenvalue weighted by Gasteiger charge is 2.40. The van der Waals surface area contributed by atoms with Crippen LogP contribution >= 0.6 is 0 Å². The SMILES string of the molecule is CCCCOC(C)(C)CCOC(C)(CC)S(=O)(=O)c1ccc(C)cc1. The summed E-state index contributed by atoms with van der Waals surface area (Å²) in [5.41, 5.74) is 0.710. The van der Waals surface area contributed by atoms with E-state index >= 15 is 0 Å². The third-order valence-electron chi connectivity index (χ3n) is 4.64. The van der Waals surface area contributed by atoms with Gasteiger partial charge in [0.1, 0.15) is 0 Å². The first-order valence-electron chi connectivity index (χ1n) is 9.17. The van der Waals surface area contributed by atoms with Crippen LogP contribution in [0.25, 0.3) is 0 Å². The Morgan fingerprint density at radius 2 is 1.56 bits per heavy atom. The third kappa shape index (κ3) is 6.08. The normalized spacial score (nSPS) is 15.1. The molecule has 0 saturated heterocycles. The van der Waals surface area contributed by atoms with E-state index in [2.05, 4.69) is 6.92 Å². The predicted molar refractivity (Wildman–Crippen MR) is 103 cm³/mol. The minimum Gasteiger partial charge on any atom is -0.375 e. The van der Waals surface area contributed by atoms with E-state index in [-0.39, 0.29) is 5.60 Å². The molecule has 1 aromatic carbocycles. The lowest BCUT2D eigenvalue weighted by atomic mass is 10.1. The molecule has 0 aliphatic rings. The van der Waals surface area contributed by atoms with Gasteiger partial charge in [-0.3, -0.25) is 0 Å². The minimum atomic E-state index is -3.57. The number of rotatable bonds is 11. The molecule has 0 heterocycles. The van der Waals surface area contributed by atoms with Crippen molar-refractivity contribution in [3.05, 3.63) is 29.8 Å². The first-order valence-corrected chi connectivity index (χ1v) is 10.7. The van der Waals surface area contributed by atoms with Crippen molar-refractivity contribution < 1.29 is 17.9 Å². The summed E-state index contributed by atoms with van der Waals surface area (Å²) in [6, 6.07) is 6.93. The van der Waals surface area contributed by atoms with E-state index in [9.17, 15) is 8.42 Å². The van der Waals surface area contributed by atoms with Crippen LogP contribution in [0.5, 0.6) is 0 Å². The van der Waals surface area contributed by atoms with Crippen molar-refractivity contribution in [1.82, 2.24) is 0 Å². The summed E-state index contributed by atoms with van der Waals surface area (Å²) in [7, 11) is -3.57. The molecule has 144 valence electrons. The zero-order valence-corrected chi connectivity index (χ0v) is 17.4. The van der Waals surface area contributed by atoms with Gasteiger partial charge in [0.2, 0.25) is 9.84 Å². The topological polar surface area (TPSA) is 52.6 Å². The van der Waals surface area contributed by atoms with Crippen molar-refractivity contribution in [3.63, 3.8) is 0 Å². The zero-order valence-electron chi connectivity index (χ0n) is 16.6. The smallest absolute Gasteiger partial charge is 0.207 e. The maximum absolute atomic E-state index is 13.0. The summed E-state index contributed by atoms with van der Waals surface area (Å²) in [4.78, 5) is -0.928. The Morgan fingerprint density at radius 3 is 2.08 bits per heavy atom. The Labute approximate surface area is 153 Å². The van der Waals surface area contributed by atoms with Gasteiger partial charge in [-0.05, 0) is 59.1 Å². The molecule has 0 aromatic heterocycles. The van der Waals surface area contributed by atoms with Gasteiger partial charge in [0.25, 0.3) is 0 Å². The summed E-state index contributed by atoms with van der Waals surface area (Å²) in [5.74, 6) is 0. The van der Waals surface area contributed by atoms with E-state index < -0.39 is 14.8 Å². The van der Waals surface area contributed by atoms with Crippen molar-refractivity contribution in [1.29, 1.82) is 0 Å². The Balaban J connectivity index is 2.77. The first kappa shape index (κ1) is 22.1. The maximum atomic E-state index is 13.0. The molecule has 0 N–H and O–H groups in total. The molecule has 1 atom stereocenters. The average molecular weight is 371 g/mol. The van der Waals surface area contributed by atoms with E-state index in [1.165, 1.54) is 0 Å². The van der Waals surface area contributed by atoms with Crippen LogP contribution in [-0.4, -0.2) is 32.2 Å². The molecule has 0 spiro atoms. The van der Waals surface area contributed by atoms with Gasteiger partial charge in [-0.1, -0.05) is 38.0 Å². The average Bonchev–Trinajstić information content (AvgIpc) is 2.54. The molecule has 4 nitrogen and oxygen atoms in total. The highest BCUT2D eigenvalue weighted by molar-refractivity contribution is 7.92. The number of aryl methyl sites for hydroxylation is 1. The van der Waals surface area contributed by atoms with E-state index in [0.29, 0.717) is 24.3 Å². The highest BCUT2D eigenvalue weighted by atomic mass is 32.2. The molecular weight excluding hydrogens is 336 g/mol. The number of hydrogen-bond acceptors (Lipinski definition) is 4. The lowest BCUT2D eigenvalue weighted by molar-refractivity contribution is -0.0573. The second-order valence-electron chi connectivity index (χ2n) is 7.36. The number of hydrogen-bond donors (Lipinski definition) is 0. The summed E-state index contributed by atoms with van der Waals surface area (Å²) in [6.45, 7) is 12.7. The molecule has 1 unspecified atom stereocenters. The van der Waals surface area contributed by atoms with Gasteiger partial charge in [-0.2, -0.15) is 0 Å². The lowest BCUT2D eigenvalue weighted by Gasteiger charge is -2.31. The second kappa shape index (κ2) is 9.15. The van der Waals surface area contributed by atoms with Crippen LogP contribution in [0, 0.1) is 6.92 Å². The van der Waals surface area contributed by atoms with Crippen molar-refractivity contribution in [2.24, 2.45) is 0 Å². The fraction of sp³-hybridized carbons (Fsp3) is 0.700. The number of benzene rings is 1. The maximum Gasteiger partial charge on any atom is 0.207 e. The van der Waals surface area contributed by atoms with Gasteiger partial charge >= 0.3 is 0 Å². The van der Waals surface area contributed by atoms with Crippen LogP contribution in [0.1, 0.15) is 65.9 Å². The van der Waals surface area contributed by atoms with E-state index in [1.807, 2.05) is 39.8 Å². The molecule has 0 aliphatic carbocycles. The Hall–Kier alpha value is -0.910. The number of sulfone groups is 1. The van der Waals surface area contributed by atoms with Crippen molar-refractivity contribution in [2.45, 2.75) is 82.7 Å². The molecule has 0 fully saturated rings. The molecule has 1 aromatic rings. The Bertz CT molecular complexity index is 620. The van der Waals surface area contributed by atoms with Crippen molar-refractivity contribution >= 4 is 9.84 Å². The summed E-state index contributed by atoms with van der Waals surface area (Å²) >= 11 is 0. The van der Waals surface area contributed by atoms with Gasteiger partial charge in [0, 0.05) is 6.61 Å². The first-order chi connectivity index (χ1) is 11.6. The van der Waals surface area contributed by atoms with E-state index in [0.717, 1.165) is 25.0 Å². The molecule has 0 aliphatic heterocycles. The molecule has 0 bridgehead atoms. The molecule has 0 radical (unpaired) electrons. The molecule has 0 amide bonds. The van der Waals surface area contributed by atoms with Crippen LogP contribution in [0.4, 0.5) is 0 Å². The molecular formula is C20H34O4S. The number of unbranched alkanes of at least 4 members (excludes halogenated alkanes) is 1. The van der Waals surface area contributed by atoms with Gasteiger partial charge in [-0.15, -0.1) is 0 Å². The monoisotopic (exact) mass is 370 g/mol. The highest BCUT2D eigenvalue weighted by Crippen LogP contribution is 2.31. The van der Waals surface area contributed by atoms with Crippen LogP contribution in [0.3, 0.4) is 0 Å². The summed E-state index contributed by atoms with van der Waals surface area (Å²) in [5, 5.41) is 0. The Kier molecular flexibility index (Phi) is 8.10. The molecule has 5 heteroatoms. The van der Waals surface area contributed by atoms with Gasteiger partial charge in [0.15, 0.2) is 4.93 Å². The third-order valence-corrected chi connectivity index (χ3v) is 7.08. The summed E-state index contributed by atoms with van der Waals surface area (Å²) in [6.07, 6.45) is 3.16. The van der Waals surface area contributed by atoms with Crippen LogP contribution in [0.15, 0.2) is 29.2 Å². The van der Waals surface area contributed by atoms with Crippen LogP contribution < -0.4 is 0 Å². The second-order valence-corrected chi connectivity index (χ2v) is 9.71. The fourth-order valence-electron chi connectivity index (χ4n) is 2.41. The quantitative estimate of drug-likeness (QED) is 0.520. The van der Waals surface area contributed by atoms with Crippen LogP contribution in [-0.2, 0) is 19.3 Å². The van der Waals surface area contributed by atoms with E-state index in [4.69, 9.17) is 9.47 Å². The van der Waals surface area contributed by atoms with Gasteiger partial charge in [0.05, 0.1) is 17.1 Å². The fourth-order valence-corrected chi connectivity index (χ4v) is 4.03. The van der Waals surface area contributed by atoms with E-state index in [1.54, 1.807) is 19.1 Å². The largest absolute Gasteiger partial charge is 0.375 e. The minimum absolute atomic E-state index is 0.306. The summed E-state index contributed by atoms with van der Waals surface area (Å²) < 4.78 is 37.8. The molecule has 0 saturated carbocycles. The van der Waals surface area contributed by atoms with Gasteiger partial charge in [-0.25, -0.2) is 8.42 Å². The standard InChI is InChI=1S/C20H34O4S/c1-7-9-15-23-19(4,5)14-16-24-20(6,8-2)25(21,22)18-12-10-17(3)11-13-18/h10-13H,7-9,14-16H2,1-6H3. The number of ether oxygens (including phenoxy) is 2. The van der Waals surface area contributed by atoms with Gasteiger partial charge < -0.3 is 9.47 Å².